The van der Waals surface area contributed by atoms with Gasteiger partial charge < -0.3 is 15.1 Å². The van der Waals surface area contributed by atoms with Crippen molar-refractivity contribution in [1.82, 2.24) is 9.80 Å². The summed E-state index contributed by atoms with van der Waals surface area (Å²) >= 11 is 0. The molecule has 0 spiro atoms. The van der Waals surface area contributed by atoms with Gasteiger partial charge in [-0.3, -0.25) is 9.69 Å². The van der Waals surface area contributed by atoms with Crippen LogP contribution in [0.3, 0.4) is 0 Å². The minimum absolute atomic E-state index is 0.199. The molecule has 6 rings (SSSR count). The smallest absolute Gasteiger partial charge is 0.325 e. The van der Waals surface area contributed by atoms with Crippen LogP contribution in [0.5, 0.6) is 0 Å². The fraction of sp³-hybridized carbons (Fsp3) is 0.378. The molecule has 0 radical (unpaired) electrons. The van der Waals surface area contributed by atoms with Gasteiger partial charge in [0, 0.05) is 38.6 Å². The van der Waals surface area contributed by atoms with E-state index in [2.05, 4.69) is 34.1 Å². The quantitative estimate of drug-likeness (QED) is 0.210. The number of carboxylic acids is 1. The Bertz CT molecular complexity index is 1580. The molecule has 2 heterocycles. The Hall–Kier alpha value is -3.65. The number of fused-ring (bicyclic) bond motifs is 1. The topological polar surface area (TPSA) is 64.0 Å². The van der Waals surface area contributed by atoms with Crippen LogP contribution >= 0.6 is 0 Å². The summed E-state index contributed by atoms with van der Waals surface area (Å²) in [5, 5.41) is 23.8. The third kappa shape index (κ3) is 6.70. The maximum atomic E-state index is 13.6. The van der Waals surface area contributed by atoms with E-state index in [9.17, 15) is 23.8 Å². The summed E-state index contributed by atoms with van der Waals surface area (Å²) in [6.07, 6.45) is 3.24. The van der Waals surface area contributed by atoms with E-state index in [1.807, 2.05) is 48.5 Å². The number of rotatable bonds is 10. The average Bonchev–Trinajstić information content (AvgIpc) is 3.43. The normalized spacial score (nSPS) is 21.4. The number of benzene rings is 4. The number of piperidine rings is 1. The average molecular weight is 599 g/mol. The van der Waals surface area contributed by atoms with Gasteiger partial charge in [-0.1, -0.05) is 78.9 Å². The van der Waals surface area contributed by atoms with Crippen molar-refractivity contribution in [3.8, 4) is 0 Å². The molecule has 0 aromatic heterocycles. The summed E-state index contributed by atoms with van der Waals surface area (Å²) in [6.45, 7) is 3.71. The van der Waals surface area contributed by atoms with Crippen LogP contribution in [0.4, 0.5) is 8.78 Å². The Labute approximate surface area is 257 Å². The van der Waals surface area contributed by atoms with Crippen molar-refractivity contribution < 1.29 is 23.8 Å². The molecule has 230 valence electrons. The van der Waals surface area contributed by atoms with Crippen molar-refractivity contribution in [1.29, 1.82) is 0 Å². The second-order valence-electron chi connectivity index (χ2n) is 12.7. The summed E-state index contributed by atoms with van der Waals surface area (Å²) in [5.74, 6) is -2.06. The summed E-state index contributed by atoms with van der Waals surface area (Å²) in [7, 11) is 0. The maximum absolute atomic E-state index is 13.6. The fourth-order valence-corrected chi connectivity index (χ4v) is 7.40. The SMILES string of the molecule is O=C(O)C(c1cccc2ccccc12)N1C[C@H](CN2CCC(O)(CCCc3ccc(F)c(F)c3)CC2)[C@@H](c2ccccc2)C1. The standard InChI is InChI=1S/C37H40F2N2O3/c38-33-16-15-26(22-34(33)39)8-7-17-37(44)18-20-40(21-19-37)23-29-24-41(25-32(29)28-9-2-1-3-10-28)35(36(42)43)31-14-6-12-27-11-4-5-13-30(27)31/h1-6,9-16,22,29,32,35,44H,7-8,17-21,23-25H2,(H,42,43)/t29-,32+,35?/m0/s1. The molecule has 0 aliphatic carbocycles. The highest BCUT2D eigenvalue weighted by Crippen LogP contribution is 2.40. The van der Waals surface area contributed by atoms with Gasteiger partial charge in [-0.25, -0.2) is 8.78 Å². The molecule has 2 N–H and O–H groups in total. The van der Waals surface area contributed by atoms with Gasteiger partial charge in [0.15, 0.2) is 11.6 Å². The highest BCUT2D eigenvalue weighted by molar-refractivity contribution is 5.90. The fourth-order valence-electron chi connectivity index (χ4n) is 7.40. The van der Waals surface area contributed by atoms with E-state index in [1.165, 1.54) is 11.6 Å². The Morgan fingerprint density at radius 3 is 2.36 bits per heavy atom. The summed E-state index contributed by atoms with van der Waals surface area (Å²) < 4.78 is 26.8. The number of carbonyl (C=O) groups is 1. The molecule has 44 heavy (non-hydrogen) atoms. The number of hydrogen-bond acceptors (Lipinski definition) is 4. The maximum Gasteiger partial charge on any atom is 0.325 e. The lowest BCUT2D eigenvalue weighted by molar-refractivity contribution is -0.143. The molecule has 0 saturated carbocycles. The summed E-state index contributed by atoms with van der Waals surface area (Å²) in [4.78, 5) is 17.4. The number of aliphatic carboxylic acids is 1. The van der Waals surface area contributed by atoms with E-state index >= 15 is 0 Å². The van der Waals surface area contributed by atoms with E-state index in [-0.39, 0.29) is 11.8 Å². The molecule has 3 atom stereocenters. The van der Waals surface area contributed by atoms with Gasteiger partial charge in [0.25, 0.3) is 0 Å². The largest absolute Gasteiger partial charge is 0.480 e. The van der Waals surface area contributed by atoms with Crippen molar-refractivity contribution in [2.24, 2.45) is 5.92 Å². The van der Waals surface area contributed by atoms with E-state index in [0.717, 1.165) is 47.6 Å². The molecule has 2 saturated heterocycles. The van der Waals surface area contributed by atoms with Gasteiger partial charge in [-0.15, -0.1) is 0 Å². The van der Waals surface area contributed by atoms with Crippen LogP contribution in [0.1, 0.15) is 54.3 Å². The monoisotopic (exact) mass is 598 g/mol. The van der Waals surface area contributed by atoms with Gasteiger partial charge in [-0.05, 0) is 77.6 Å². The molecule has 2 aliphatic heterocycles. The Kier molecular flexibility index (Phi) is 9.08. The van der Waals surface area contributed by atoms with Gasteiger partial charge >= 0.3 is 5.97 Å². The minimum atomic E-state index is -0.841. The molecular formula is C37H40F2N2O3. The molecule has 2 fully saturated rings. The van der Waals surface area contributed by atoms with Gasteiger partial charge in [-0.2, -0.15) is 0 Å². The van der Waals surface area contributed by atoms with E-state index in [0.29, 0.717) is 45.2 Å². The first-order valence-corrected chi connectivity index (χ1v) is 15.7. The highest BCUT2D eigenvalue weighted by Gasteiger charge is 2.42. The minimum Gasteiger partial charge on any atom is -0.480 e. The lowest BCUT2D eigenvalue weighted by Gasteiger charge is -2.40. The number of halogens is 2. The van der Waals surface area contributed by atoms with Crippen molar-refractivity contribution in [2.75, 3.05) is 32.7 Å². The van der Waals surface area contributed by atoms with Gasteiger partial charge in [0.2, 0.25) is 0 Å². The second kappa shape index (κ2) is 13.1. The predicted octanol–water partition coefficient (Wildman–Crippen LogP) is 6.81. The molecule has 4 aromatic carbocycles. The van der Waals surface area contributed by atoms with Crippen molar-refractivity contribution in [3.63, 3.8) is 0 Å². The Morgan fingerprint density at radius 1 is 0.886 bits per heavy atom. The van der Waals surface area contributed by atoms with Crippen LogP contribution in [-0.4, -0.2) is 64.3 Å². The van der Waals surface area contributed by atoms with Crippen LogP contribution in [0.2, 0.25) is 0 Å². The number of aliphatic hydroxyl groups is 1. The van der Waals surface area contributed by atoms with Crippen LogP contribution < -0.4 is 0 Å². The number of nitrogens with zero attached hydrogens (tertiary/aromatic N) is 2. The number of hydrogen-bond donors (Lipinski definition) is 2. The van der Waals surface area contributed by atoms with Gasteiger partial charge in [0.05, 0.1) is 5.60 Å². The highest BCUT2D eigenvalue weighted by atomic mass is 19.2. The zero-order chi connectivity index (χ0) is 30.7. The first kappa shape index (κ1) is 30.4. The summed E-state index contributed by atoms with van der Waals surface area (Å²) in [5.41, 5.74) is 2.03. The van der Waals surface area contributed by atoms with Crippen LogP contribution in [0.15, 0.2) is 91.0 Å². The van der Waals surface area contributed by atoms with Crippen LogP contribution in [0.25, 0.3) is 10.8 Å². The van der Waals surface area contributed by atoms with Crippen molar-refractivity contribution >= 4 is 16.7 Å². The Morgan fingerprint density at radius 2 is 1.61 bits per heavy atom. The van der Waals surface area contributed by atoms with Crippen LogP contribution in [-0.2, 0) is 11.2 Å². The molecular weight excluding hydrogens is 558 g/mol. The molecule has 4 aromatic rings. The van der Waals surface area contributed by atoms with E-state index in [1.54, 1.807) is 6.07 Å². The van der Waals surface area contributed by atoms with E-state index < -0.39 is 29.2 Å². The Balaban J connectivity index is 1.13. The first-order valence-electron chi connectivity index (χ1n) is 15.7. The molecule has 2 aliphatic rings. The van der Waals surface area contributed by atoms with Gasteiger partial charge in [0.1, 0.15) is 6.04 Å². The second-order valence-corrected chi connectivity index (χ2v) is 12.7. The van der Waals surface area contributed by atoms with Crippen LogP contribution in [0, 0.1) is 17.6 Å². The number of carboxylic acid groups (broad SMARTS) is 1. The molecule has 5 nitrogen and oxygen atoms in total. The molecule has 1 unspecified atom stereocenters. The zero-order valence-corrected chi connectivity index (χ0v) is 24.9. The lowest BCUT2D eigenvalue weighted by Crippen LogP contribution is -2.46. The van der Waals surface area contributed by atoms with Crippen molar-refractivity contribution in [3.05, 3.63) is 119 Å². The third-order valence-electron chi connectivity index (χ3n) is 9.79. The van der Waals surface area contributed by atoms with E-state index in [4.69, 9.17) is 0 Å². The molecule has 0 bridgehead atoms. The zero-order valence-electron chi connectivity index (χ0n) is 24.9. The molecule has 7 heteroatoms. The molecule has 0 amide bonds. The third-order valence-corrected chi connectivity index (χ3v) is 9.79. The lowest BCUT2D eigenvalue weighted by atomic mass is 9.84. The number of aryl methyl sites for hydroxylation is 1. The number of likely N-dealkylation sites (tertiary alicyclic amines) is 2. The summed E-state index contributed by atoms with van der Waals surface area (Å²) in [6, 6.07) is 27.6. The predicted molar refractivity (Wildman–Crippen MR) is 168 cm³/mol. The first-order chi connectivity index (χ1) is 21.3. The van der Waals surface area contributed by atoms with Crippen molar-refractivity contribution in [2.45, 2.75) is 49.7 Å².